The Kier molecular flexibility index (Phi) is 6.33. The third-order valence-corrected chi connectivity index (χ3v) is 3.98. The van der Waals surface area contributed by atoms with Gasteiger partial charge < -0.3 is 14.9 Å². The molecule has 9 nitrogen and oxygen atoms in total. The summed E-state index contributed by atoms with van der Waals surface area (Å²) in [6.07, 6.45) is -3.32. The number of carbonyl (C=O) groups is 2. The van der Waals surface area contributed by atoms with Gasteiger partial charge in [0, 0.05) is 11.6 Å². The molecule has 4 rings (SSSR count). The molecule has 0 saturated carbocycles. The fourth-order valence-electron chi connectivity index (χ4n) is 2.50. The van der Waals surface area contributed by atoms with Crippen LogP contribution in [0.2, 0.25) is 0 Å². The van der Waals surface area contributed by atoms with Gasteiger partial charge in [-0.25, -0.2) is 14.7 Å². The van der Waals surface area contributed by atoms with Crippen LogP contribution < -0.4 is 4.74 Å². The number of alkyl halides is 3. The number of aromatic carboxylic acids is 1. The number of fused-ring (bicyclic) bond motifs is 1. The molecular weight excluding hydrogens is 433 g/mol. The lowest BCUT2D eigenvalue weighted by atomic mass is 10.0. The number of hydrogen-bond donors (Lipinski definition) is 3. The highest BCUT2D eigenvalue weighted by Gasteiger charge is 2.38. The average molecular weight is 446 g/mol. The Morgan fingerprint density at radius 3 is 2.25 bits per heavy atom. The van der Waals surface area contributed by atoms with Gasteiger partial charge in [-0.15, -0.1) is 0 Å². The highest BCUT2D eigenvalue weighted by molar-refractivity contribution is 5.87. The first-order valence-electron chi connectivity index (χ1n) is 8.72. The van der Waals surface area contributed by atoms with Gasteiger partial charge in [0.25, 0.3) is 5.88 Å². The number of aliphatic carboxylic acids is 1. The van der Waals surface area contributed by atoms with Gasteiger partial charge in [-0.2, -0.15) is 13.2 Å². The maximum absolute atomic E-state index is 11.0. The lowest BCUT2D eigenvalue weighted by Gasteiger charge is -2.06. The summed E-state index contributed by atoms with van der Waals surface area (Å²) in [5.41, 5.74) is 2.77. The van der Waals surface area contributed by atoms with Crippen LogP contribution >= 0.6 is 0 Å². The summed E-state index contributed by atoms with van der Waals surface area (Å²) < 4.78 is 37.2. The molecular formula is C20H13F3N4O5. The summed E-state index contributed by atoms with van der Waals surface area (Å²) in [6.45, 7) is 0. The number of H-pyrrole nitrogens is 1. The van der Waals surface area contributed by atoms with Gasteiger partial charge in [0.1, 0.15) is 5.75 Å². The monoisotopic (exact) mass is 446 g/mol. The van der Waals surface area contributed by atoms with E-state index in [0.717, 1.165) is 22.0 Å². The minimum atomic E-state index is -5.08. The largest absolute Gasteiger partial charge is 0.490 e. The number of nitrogens with zero attached hydrogens (tertiary/aromatic N) is 3. The third-order valence-electron chi connectivity index (χ3n) is 3.98. The molecule has 32 heavy (non-hydrogen) atoms. The molecule has 2 aromatic carbocycles. The lowest BCUT2D eigenvalue weighted by molar-refractivity contribution is -0.192. The normalized spacial score (nSPS) is 10.8. The maximum Gasteiger partial charge on any atom is 0.490 e. The number of rotatable bonds is 4. The number of aromatic amines is 1. The van der Waals surface area contributed by atoms with Crippen molar-refractivity contribution in [2.75, 3.05) is 0 Å². The summed E-state index contributed by atoms with van der Waals surface area (Å²) in [5.74, 6) is -3.54. The topological polar surface area (TPSA) is 138 Å². The summed E-state index contributed by atoms with van der Waals surface area (Å²) in [4.78, 5) is 24.3. The number of aromatic nitrogens is 4. The Morgan fingerprint density at radius 2 is 1.62 bits per heavy atom. The molecule has 2 aromatic heterocycles. The van der Waals surface area contributed by atoms with Crippen LogP contribution in [0.3, 0.4) is 0 Å². The van der Waals surface area contributed by atoms with E-state index in [9.17, 15) is 18.0 Å². The molecule has 0 radical (unpaired) electrons. The average Bonchev–Trinajstić information content (AvgIpc) is 3.22. The number of benzene rings is 2. The molecule has 0 atom stereocenters. The number of carboxylic acid groups (broad SMARTS) is 2. The zero-order chi connectivity index (χ0) is 23.3. The van der Waals surface area contributed by atoms with E-state index in [1.165, 1.54) is 0 Å². The summed E-state index contributed by atoms with van der Waals surface area (Å²) >= 11 is 0. The molecule has 4 aromatic rings. The number of nitrogens with one attached hydrogen (secondary N) is 1. The van der Waals surface area contributed by atoms with E-state index >= 15 is 0 Å². The van der Waals surface area contributed by atoms with Crippen molar-refractivity contribution >= 4 is 22.8 Å². The smallest absolute Gasteiger partial charge is 0.476 e. The second-order valence-electron chi connectivity index (χ2n) is 6.14. The van der Waals surface area contributed by atoms with Crippen LogP contribution in [0, 0.1) is 0 Å². The van der Waals surface area contributed by atoms with Gasteiger partial charge in [0.05, 0.1) is 5.52 Å². The molecule has 3 N–H and O–H groups in total. The standard InChI is InChI=1S/C18H12N4O3.C2HF3O2/c23-18(24)16-17(21-22-20-16)25-14-7-5-11(6-8-14)13-4-3-12-2-1-9-19-15(12)10-13;3-2(4,5)1(6)7/h1-10H,(H,23,24)(H,20,21,22);(H,6,7). The van der Waals surface area contributed by atoms with Crippen molar-refractivity contribution in [3.63, 3.8) is 0 Å². The van der Waals surface area contributed by atoms with E-state index in [4.69, 9.17) is 19.7 Å². The highest BCUT2D eigenvalue weighted by atomic mass is 19.4. The van der Waals surface area contributed by atoms with Crippen molar-refractivity contribution in [2.24, 2.45) is 0 Å². The van der Waals surface area contributed by atoms with Crippen LogP contribution in [0.5, 0.6) is 11.6 Å². The second kappa shape index (κ2) is 9.12. The van der Waals surface area contributed by atoms with Crippen molar-refractivity contribution in [2.45, 2.75) is 6.18 Å². The van der Waals surface area contributed by atoms with Crippen LogP contribution in [0.4, 0.5) is 13.2 Å². The Labute approximate surface area is 177 Å². The second-order valence-corrected chi connectivity index (χ2v) is 6.14. The SMILES string of the molecule is O=C(O)C(F)(F)F.O=C(O)c1[nH]nnc1Oc1ccc(-c2ccc3cccnc3c2)cc1. The molecule has 0 aliphatic carbocycles. The molecule has 2 heterocycles. The van der Waals surface area contributed by atoms with Crippen LogP contribution in [0.15, 0.2) is 60.8 Å². The van der Waals surface area contributed by atoms with Crippen molar-refractivity contribution < 1.29 is 37.7 Å². The quantitative estimate of drug-likeness (QED) is 0.425. The highest BCUT2D eigenvalue weighted by Crippen LogP contribution is 2.27. The van der Waals surface area contributed by atoms with Gasteiger partial charge in [0.2, 0.25) is 5.69 Å². The minimum Gasteiger partial charge on any atom is -0.476 e. The summed E-state index contributed by atoms with van der Waals surface area (Å²) in [6, 6.07) is 17.3. The van der Waals surface area contributed by atoms with Gasteiger partial charge in [-0.1, -0.05) is 40.6 Å². The first-order valence-corrected chi connectivity index (χ1v) is 8.72. The van der Waals surface area contributed by atoms with Crippen molar-refractivity contribution in [3.8, 4) is 22.8 Å². The molecule has 0 aliphatic heterocycles. The zero-order valence-electron chi connectivity index (χ0n) is 15.9. The Bertz CT molecular complexity index is 1260. The minimum absolute atomic E-state index is 0.0739. The van der Waals surface area contributed by atoms with Crippen LogP contribution in [0.25, 0.3) is 22.0 Å². The molecule has 0 unspecified atom stereocenters. The third kappa shape index (κ3) is 5.36. The van der Waals surface area contributed by atoms with Crippen molar-refractivity contribution in [3.05, 3.63) is 66.5 Å². The molecule has 0 saturated heterocycles. The van der Waals surface area contributed by atoms with Gasteiger partial charge in [0.15, 0.2) is 0 Å². The van der Waals surface area contributed by atoms with E-state index in [1.807, 2.05) is 42.5 Å². The first-order chi connectivity index (χ1) is 15.1. The summed E-state index contributed by atoms with van der Waals surface area (Å²) in [5, 5.41) is 26.6. The van der Waals surface area contributed by atoms with Gasteiger partial charge in [-0.3, -0.25) is 4.98 Å². The molecule has 164 valence electrons. The first kappa shape index (κ1) is 22.2. The maximum atomic E-state index is 11.0. The fraction of sp³-hybridized carbons (Fsp3) is 0.0500. The molecule has 0 fully saturated rings. The zero-order valence-corrected chi connectivity index (χ0v) is 15.9. The Morgan fingerprint density at radius 1 is 0.969 bits per heavy atom. The molecule has 0 amide bonds. The Hall–Kier alpha value is -4.48. The number of pyridine rings is 1. The van der Waals surface area contributed by atoms with E-state index in [0.29, 0.717) is 5.75 Å². The fourth-order valence-corrected chi connectivity index (χ4v) is 2.50. The number of carboxylic acids is 2. The van der Waals surface area contributed by atoms with E-state index in [-0.39, 0.29) is 11.6 Å². The van der Waals surface area contributed by atoms with Crippen LogP contribution in [0.1, 0.15) is 10.5 Å². The van der Waals surface area contributed by atoms with Gasteiger partial charge in [-0.05, 0) is 35.4 Å². The van der Waals surface area contributed by atoms with Gasteiger partial charge >= 0.3 is 18.1 Å². The lowest BCUT2D eigenvalue weighted by Crippen LogP contribution is -2.21. The van der Waals surface area contributed by atoms with E-state index < -0.39 is 18.1 Å². The van der Waals surface area contributed by atoms with E-state index in [2.05, 4.69) is 20.4 Å². The molecule has 12 heteroatoms. The van der Waals surface area contributed by atoms with E-state index in [1.54, 1.807) is 18.3 Å². The van der Waals surface area contributed by atoms with Crippen LogP contribution in [-0.2, 0) is 4.79 Å². The predicted octanol–water partition coefficient (Wildman–Crippen LogP) is 4.14. The Balaban J connectivity index is 0.000000360. The number of ether oxygens (including phenoxy) is 1. The van der Waals surface area contributed by atoms with Crippen molar-refractivity contribution in [1.82, 2.24) is 20.4 Å². The predicted molar refractivity (Wildman–Crippen MR) is 104 cm³/mol. The summed E-state index contributed by atoms with van der Waals surface area (Å²) in [7, 11) is 0. The number of halogens is 3. The van der Waals surface area contributed by atoms with Crippen LogP contribution in [-0.4, -0.2) is 48.7 Å². The molecule has 0 bridgehead atoms. The molecule has 0 spiro atoms. The van der Waals surface area contributed by atoms with Crippen molar-refractivity contribution in [1.29, 1.82) is 0 Å². The molecule has 0 aliphatic rings. The number of hydrogen-bond acceptors (Lipinski definition) is 6.